The Bertz CT molecular complexity index is 581. The first kappa shape index (κ1) is 14.3. The molecule has 2 unspecified atom stereocenters. The molecule has 2 atom stereocenters. The van der Waals surface area contributed by atoms with Gasteiger partial charge in [-0.15, -0.1) is 0 Å². The van der Waals surface area contributed by atoms with Crippen molar-refractivity contribution in [3.8, 4) is 5.75 Å². The van der Waals surface area contributed by atoms with E-state index in [0.29, 0.717) is 18.2 Å². The van der Waals surface area contributed by atoms with Crippen molar-refractivity contribution in [2.45, 2.75) is 32.2 Å². The first-order chi connectivity index (χ1) is 8.79. The van der Waals surface area contributed by atoms with E-state index in [4.69, 9.17) is 0 Å². The molecule has 4 nitrogen and oxygen atoms in total. The van der Waals surface area contributed by atoms with Gasteiger partial charge in [0.1, 0.15) is 15.6 Å². The Morgan fingerprint density at radius 2 is 2.05 bits per heavy atom. The molecular formula is C14H21NO3S. The quantitative estimate of drug-likeness (QED) is 0.885. The fourth-order valence-corrected chi connectivity index (χ4v) is 3.44. The number of fused-ring (bicyclic) bond motifs is 1. The average Bonchev–Trinajstić information content (AvgIpc) is 2.61. The van der Waals surface area contributed by atoms with Crippen LogP contribution in [0, 0.1) is 6.92 Å². The van der Waals surface area contributed by atoms with Crippen LogP contribution in [-0.4, -0.2) is 32.1 Å². The van der Waals surface area contributed by atoms with Crippen molar-refractivity contribution in [2.24, 2.45) is 0 Å². The van der Waals surface area contributed by atoms with E-state index in [-0.39, 0.29) is 11.8 Å². The first-order valence-electron chi connectivity index (χ1n) is 6.53. The predicted octanol–water partition coefficient (Wildman–Crippen LogP) is 1.88. The largest absolute Gasteiger partial charge is 0.508 e. The minimum atomic E-state index is -2.95. The Kier molecular flexibility index (Phi) is 3.87. The maximum atomic E-state index is 11.1. The third kappa shape index (κ3) is 3.09. The molecule has 19 heavy (non-hydrogen) atoms. The molecular weight excluding hydrogens is 262 g/mol. The highest BCUT2D eigenvalue weighted by molar-refractivity contribution is 7.90. The number of rotatable bonds is 4. The summed E-state index contributed by atoms with van der Waals surface area (Å²) in [5, 5.41) is 13.3. The summed E-state index contributed by atoms with van der Waals surface area (Å²) in [6.07, 6.45) is 2.14. The van der Waals surface area contributed by atoms with Gasteiger partial charge in [0.2, 0.25) is 0 Å². The molecule has 0 saturated heterocycles. The maximum absolute atomic E-state index is 11.1. The van der Waals surface area contributed by atoms with Gasteiger partial charge in [0.05, 0.1) is 5.75 Å². The number of phenols is 1. The van der Waals surface area contributed by atoms with Gasteiger partial charge in [0.25, 0.3) is 0 Å². The molecule has 2 rings (SSSR count). The SMILES string of the molecule is Cc1ccc(O)c2c1C(C)CC2NCCS(C)(=O)=O. The van der Waals surface area contributed by atoms with Crippen molar-refractivity contribution in [1.29, 1.82) is 0 Å². The molecule has 0 aromatic heterocycles. The predicted molar refractivity (Wildman–Crippen MR) is 76.3 cm³/mol. The molecule has 0 aliphatic heterocycles. The fourth-order valence-electron chi connectivity index (χ4n) is 2.95. The molecule has 1 aromatic carbocycles. The molecule has 1 aliphatic carbocycles. The smallest absolute Gasteiger partial charge is 0.148 e. The molecule has 0 bridgehead atoms. The van der Waals surface area contributed by atoms with E-state index < -0.39 is 9.84 Å². The summed E-state index contributed by atoms with van der Waals surface area (Å²) in [7, 11) is -2.95. The maximum Gasteiger partial charge on any atom is 0.148 e. The normalized spacial score (nSPS) is 22.5. The van der Waals surface area contributed by atoms with Crippen LogP contribution < -0.4 is 5.32 Å². The fraction of sp³-hybridized carbons (Fsp3) is 0.571. The minimum Gasteiger partial charge on any atom is -0.508 e. The second kappa shape index (κ2) is 5.13. The summed E-state index contributed by atoms with van der Waals surface area (Å²) in [4.78, 5) is 0. The number of hydrogen-bond donors (Lipinski definition) is 2. The van der Waals surface area contributed by atoms with Crippen molar-refractivity contribution in [1.82, 2.24) is 5.32 Å². The van der Waals surface area contributed by atoms with Crippen LogP contribution in [0.25, 0.3) is 0 Å². The van der Waals surface area contributed by atoms with Gasteiger partial charge < -0.3 is 10.4 Å². The molecule has 1 aliphatic rings. The third-order valence-electron chi connectivity index (χ3n) is 3.78. The standard InChI is InChI=1S/C14H21NO3S/c1-9-4-5-12(16)14-11(8-10(2)13(9)14)15-6-7-19(3,17)18/h4-5,10-11,15-16H,6-8H2,1-3H3. The Balaban J connectivity index is 2.18. The highest BCUT2D eigenvalue weighted by Crippen LogP contribution is 2.45. The number of hydrogen-bond acceptors (Lipinski definition) is 4. The van der Waals surface area contributed by atoms with Crippen molar-refractivity contribution in [2.75, 3.05) is 18.6 Å². The van der Waals surface area contributed by atoms with Gasteiger partial charge in [0.15, 0.2) is 0 Å². The van der Waals surface area contributed by atoms with Gasteiger partial charge in [-0.1, -0.05) is 13.0 Å². The lowest BCUT2D eigenvalue weighted by Crippen LogP contribution is -2.25. The van der Waals surface area contributed by atoms with E-state index in [0.717, 1.165) is 12.0 Å². The Morgan fingerprint density at radius 3 is 2.68 bits per heavy atom. The zero-order chi connectivity index (χ0) is 14.2. The minimum absolute atomic E-state index is 0.0478. The molecule has 0 radical (unpaired) electrons. The second-order valence-electron chi connectivity index (χ2n) is 5.50. The molecule has 1 aromatic rings. The highest BCUT2D eigenvalue weighted by atomic mass is 32.2. The number of aromatic hydroxyl groups is 1. The van der Waals surface area contributed by atoms with Crippen molar-refractivity contribution >= 4 is 9.84 Å². The van der Waals surface area contributed by atoms with Crippen LogP contribution in [0.15, 0.2) is 12.1 Å². The van der Waals surface area contributed by atoms with Gasteiger partial charge >= 0.3 is 0 Å². The van der Waals surface area contributed by atoms with Crippen LogP contribution in [0.1, 0.15) is 42.0 Å². The molecule has 0 fully saturated rings. The summed E-state index contributed by atoms with van der Waals surface area (Å²) in [5.41, 5.74) is 3.34. The van der Waals surface area contributed by atoms with E-state index in [1.807, 2.05) is 13.0 Å². The second-order valence-corrected chi connectivity index (χ2v) is 7.76. The Morgan fingerprint density at radius 1 is 1.37 bits per heavy atom. The van der Waals surface area contributed by atoms with Crippen LogP contribution in [0.4, 0.5) is 0 Å². The van der Waals surface area contributed by atoms with Gasteiger partial charge in [0, 0.05) is 24.4 Å². The zero-order valence-corrected chi connectivity index (χ0v) is 12.4. The van der Waals surface area contributed by atoms with Crippen LogP contribution in [0.3, 0.4) is 0 Å². The van der Waals surface area contributed by atoms with Crippen LogP contribution >= 0.6 is 0 Å². The molecule has 0 heterocycles. The number of benzene rings is 1. The first-order valence-corrected chi connectivity index (χ1v) is 8.59. The van der Waals surface area contributed by atoms with Crippen LogP contribution in [-0.2, 0) is 9.84 Å². The van der Waals surface area contributed by atoms with E-state index in [2.05, 4.69) is 12.2 Å². The lowest BCUT2D eigenvalue weighted by atomic mass is 9.97. The summed E-state index contributed by atoms with van der Waals surface area (Å²) in [6.45, 7) is 4.61. The van der Waals surface area contributed by atoms with E-state index in [1.54, 1.807) is 6.07 Å². The van der Waals surface area contributed by atoms with E-state index in [9.17, 15) is 13.5 Å². The number of phenolic OH excluding ortho intramolecular Hbond substituents is 1. The van der Waals surface area contributed by atoms with Crippen LogP contribution in [0.5, 0.6) is 5.75 Å². The van der Waals surface area contributed by atoms with Gasteiger partial charge in [-0.3, -0.25) is 0 Å². The third-order valence-corrected chi connectivity index (χ3v) is 4.72. The molecule has 2 N–H and O–H groups in total. The molecule has 106 valence electrons. The number of nitrogens with one attached hydrogen (secondary N) is 1. The lowest BCUT2D eigenvalue weighted by molar-refractivity contribution is 0.449. The average molecular weight is 283 g/mol. The van der Waals surface area contributed by atoms with Gasteiger partial charge in [-0.05, 0) is 36.5 Å². The summed E-state index contributed by atoms with van der Waals surface area (Å²) in [5.74, 6) is 0.819. The van der Waals surface area contributed by atoms with Crippen LogP contribution in [0.2, 0.25) is 0 Å². The molecule has 0 saturated carbocycles. The van der Waals surface area contributed by atoms with E-state index in [1.165, 1.54) is 17.4 Å². The molecule has 0 amide bonds. The Labute approximate surface area is 114 Å². The summed E-state index contributed by atoms with van der Waals surface area (Å²) < 4.78 is 22.3. The van der Waals surface area contributed by atoms with Crippen molar-refractivity contribution in [3.05, 3.63) is 28.8 Å². The lowest BCUT2D eigenvalue weighted by Gasteiger charge is -2.15. The number of aryl methyl sites for hydroxylation is 1. The molecule has 0 spiro atoms. The topological polar surface area (TPSA) is 66.4 Å². The van der Waals surface area contributed by atoms with Gasteiger partial charge in [-0.25, -0.2) is 8.42 Å². The van der Waals surface area contributed by atoms with Crippen molar-refractivity contribution in [3.63, 3.8) is 0 Å². The zero-order valence-electron chi connectivity index (χ0n) is 11.6. The monoisotopic (exact) mass is 283 g/mol. The van der Waals surface area contributed by atoms with E-state index >= 15 is 0 Å². The van der Waals surface area contributed by atoms with Crippen molar-refractivity contribution < 1.29 is 13.5 Å². The summed E-state index contributed by atoms with van der Waals surface area (Å²) >= 11 is 0. The van der Waals surface area contributed by atoms with Gasteiger partial charge in [-0.2, -0.15) is 0 Å². The molecule has 5 heteroatoms. The summed E-state index contributed by atoms with van der Waals surface area (Å²) in [6, 6.07) is 3.70. The number of sulfone groups is 1. The Hall–Kier alpha value is -1.07. The highest BCUT2D eigenvalue weighted by Gasteiger charge is 2.31.